The molecule has 1 aliphatic heterocycles. The van der Waals surface area contributed by atoms with Gasteiger partial charge in [0.25, 0.3) is 11.6 Å². The molecule has 0 saturated heterocycles. The molecular weight excluding hydrogens is 377 g/mol. The second-order valence-electron chi connectivity index (χ2n) is 7.10. The van der Waals surface area contributed by atoms with Crippen molar-refractivity contribution in [3.63, 3.8) is 0 Å². The number of hydrogen-bond acceptors (Lipinski definition) is 5. The number of rotatable bonds is 4. The third-order valence-electron chi connectivity index (χ3n) is 5.36. The summed E-state index contributed by atoms with van der Waals surface area (Å²) in [5, 5.41) is 14.6. The van der Waals surface area contributed by atoms with E-state index in [0.717, 1.165) is 19.3 Å². The average Bonchev–Trinajstić information content (AvgIpc) is 3.06. The van der Waals surface area contributed by atoms with Crippen LogP contribution in [0.4, 0.5) is 13.2 Å². The Morgan fingerprint density at radius 1 is 1.18 bits per heavy atom. The van der Waals surface area contributed by atoms with E-state index in [2.05, 4.69) is 5.10 Å². The van der Waals surface area contributed by atoms with Crippen LogP contribution < -0.4 is 9.47 Å². The number of carbonyl (C=O) groups excluding carboxylic acids is 1. The molecule has 1 aliphatic carbocycles. The predicted octanol–water partition coefficient (Wildman–Crippen LogP) is 3.74. The van der Waals surface area contributed by atoms with Crippen LogP contribution in [-0.4, -0.2) is 47.9 Å². The van der Waals surface area contributed by atoms with Gasteiger partial charge in [-0.1, -0.05) is 19.3 Å². The molecule has 6 nitrogen and oxygen atoms in total. The molecule has 1 heterocycles. The molecule has 0 bridgehead atoms. The van der Waals surface area contributed by atoms with Crippen molar-refractivity contribution >= 4 is 11.6 Å². The smallest absolute Gasteiger partial charge is 0.438 e. The second kappa shape index (κ2) is 7.62. The van der Waals surface area contributed by atoms with E-state index in [0.29, 0.717) is 18.6 Å². The lowest BCUT2D eigenvalue weighted by Gasteiger charge is -2.32. The zero-order valence-electron chi connectivity index (χ0n) is 15.8. The summed E-state index contributed by atoms with van der Waals surface area (Å²) in [5.74, 6) is -0.671. The Kier molecular flexibility index (Phi) is 5.56. The minimum absolute atomic E-state index is 0.0889. The summed E-state index contributed by atoms with van der Waals surface area (Å²) in [6.07, 6.45) is -1.51. The number of nitrogens with zero attached hydrogens (tertiary/aromatic N) is 2. The Bertz CT molecular complexity index is 775. The van der Waals surface area contributed by atoms with Gasteiger partial charge >= 0.3 is 6.18 Å². The molecule has 1 atom stereocenters. The zero-order chi connectivity index (χ0) is 20.5. The molecule has 1 aromatic carbocycles. The van der Waals surface area contributed by atoms with Crippen molar-refractivity contribution in [1.82, 2.24) is 5.01 Å². The third kappa shape index (κ3) is 3.55. The molecule has 3 rings (SSSR count). The minimum Gasteiger partial charge on any atom is -0.493 e. The monoisotopic (exact) mass is 400 g/mol. The summed E-state index contributed by atoms with van der Waals surface area (Å²) in [7, 11) is 2.76. The lowest BCUT2D eigenvalue weighted by Crippen LogP contribution is -2.56. The third-order valence-corrected chi connectivity index (χ3v) is 5.36. The van der Waals surface area contributed by atoms with Crippen molar-refractivity contribution in [1.29, 1.82) is 0 Å². The SMILES string of the molecule is COc1ccc(C(=O)N2N=C(C3CCCCC3)CC2(O)C(F)(F)F)cc1OC. The quantitative estimate of drug-likeness (QED) is 0.836. The summed E-state index contributed by atoms with van der Waals surface area (Å²) in [4.78, 5) is 12.9. The summed E-state index contributed by atoms with van der Waals surface area (Å²) in [6.45, 7) is 0. The highest BCUT2D eigenvalue weighted by Crippen LogP contribution is 2.44. The minimum atomic E-state index is -5.04. The number of ether oxygens (including phenoxy) is 2. The van der Waals surface area contributed by atoms with Crippen molar-refractivity contribution in [3.05, 3.63) is 23.8 Å². The Balaban J connectivity index is 1.97. The van der Waals surface area contributed by atoms with Gasteiger partial charge in [-0.05, 0) is 37.0 Å². The van der Waals surface area contributed by atoms with E-state index >= 15 is 0 Å². The fourth-order valence-electron chi connectivity index (χ4n) is 3.76. The molecule has 1 saturated carbocycles. The highest BCUT2D eigenvalue weighted by molar-refractivity contribution is 5.99. The number of benzene rings is 1. The molecule has 1 unspecified atom stereocenters. The molecule has 1 aromatic rings. The van der Waals surface area contributed by atoms with Gasteiger partial charge in [-0.3, -0.25) is 4.79 Å². The van der Waals surface area contributed by atoms with Gasteiger partial charge in [0.05, 0.1) is 14.2 Å². The van der Waals surface area contributed by atoms with E-state index in [-0.39, 0.29) is 28.0 Å². The summed E-state index contributed by atoms with van der Waals surface area (Å²) < 4.78 is 51.3. The largest absolute Gasteiger partial charge is 0.493 e. The van der Waals surface area contributed by atoms with Crippen molar-refractivity contribution in [2.24, 2.45) is 11.0 Å². The van der Waals surface area contributed by atoms with E-state index in [1.807, 2.05) is 0 Å². The number of carbonyl (C=O) groups is 1. The van der Waals surface area contributed by atoms with Gasteiger partial charge in [-0.2, -0.15) is 23.3 Å². The zero-order valence-corrected chi connectivity index (χ0v) is 15.8. The Hall–Kier alpha value is -2.29. The highest BCUT2D eigenvalue weighted by Gasteiger charge is 2.63. The number of methoxy groups -OCH3 is 2. The van der Waals surface area contributed by atoms with Gasteiger partial charge in [0, 0.05) is 17.7 Å². The molecule has 0 radical (unpaired) electrons. The first-order valence-corrected chi connectivity index (χ1v) is 9.14. The fraction of sp³-hybridized carbons (Fsp3) is 0.579. The molecule has 9 heteroatoms. The van der Waals surface area contributed by atoms with Crippen LogP contribution in [-0.2, 0) is 0 Å². The van der Waals surface area contributed by atoms with Crippen LogP contribution >= 0.6 is 0 Å². The van der Waals surface area contributed by atoms with Crippen LogP contribution in [0, 0.1) is 5.92 Å². The maximum absolute atomic E-state index is 13.7. The van der Waals surface area contributed by atoms with E-state index in [4.69, 9.17) is 9.47 Å². The van der Waals surface area contributed by atoms with Crippen molar-refractivity contribution in [2.75, 3.05) is 14.2 Å². The highest BCUT2D eigenvalue weighted by atomic mass is 19.4. The lowest BCUT2D eigenvalue weighted by molar-refractivity contribution is -0.297. The van der Waals surface area contributed by atoms with E-state index in [9.17, 15) is 23.1 Å². The van der Waals surface area contributed by atoms with Gasteiger partial charge in [-0.15, -0.1) is 0 Å². The van der Waals surface area contributed by atoms with Crippen LogP contribution in [0.5, 0.6) is 11.5 Å². The van der Waals surface area contributed by atoms with Crippen LogP contribution in [0.15, 0.2) is 23.3 Å². The molecule has 2 aliphatic rings. The molecule has 1 fully saturated rings. The van der Waals surface area contributed by atoms with Crippen molar-refractivity contribution in [2.45, 2.75) is 50.4 Å². The number of aliphatic hydroxyl groups is 1. The van der Waals surface area contributed by atoms with Crippen LogP contribution in [0.25, 0.3) is 0 Å². The van der Waals surface area contributed by atoms with E-state index in [1.165, 1.54) is 32.4 Å². The number of halogens is 3. The second-order valence-corrected chi connectivity index (χ2v) is 7.10. The first-order chi connectivity index (χ1) is 13.2. The topological polar surface area (TPSA) is 71.4 Å². The predicted molar refractivity (Wildman–Crippen MR) is 95.3 cm³/mol. The molecule has 154 valence electrons. The maximum Gasteiger partial charge on any atom is 0.438 e. The normalized spacial score (nSPS) is 23.5. The Morgan fingerprint density at radius 3 is 2.39 bits per heavy atom. The van der Waals surface area contributed by atoms with Crippen molar-refractivity contribution < 1.29 is 32.5 Å². The molecule has 0 aromatic heterocycles. The van der Waals surface area contributed by atoms with Gasteiger partial charge in [-0.25, -0.2) is 0 Å². The van der Waals surface area contributed by atoms with E-state index < -0.39 is 24.2 Å². The summed E-state index contributed by atoms with van der Waals surface area (Å²) in [6, 6.07) is 4.00. The Labute approximate surface area is 160 Å². The molecular formula is C19H23F3N2O4. The lowest BCUT2D eigenvalue weighted by atomic mass is 9.83. The molecule has 1 amide bonds. The van der Waals surface area contributed by atoms with Gasteiger partial charge in [0.2, 0.25) is 0 Å². The van der Waals surface area contributed by atoms with Crippen LogP contribution in [0.2, 0.25) is 0 Å². The van der Waals surface area contributed by atoms with Crippen molar-refractivity contribution in [3.8, 4) is 11.5 Å². The van der Waals surface area contributed by atoms with Gasteiger partial charge < -0.3 is 14.6 Å². The maximum atomic E-state index is 13.7. The summed E-state index contributed by atoms with van der Waals surface area (Å²) in [5.41, 5.74) is -3.22. The number of alkyl halides is 3. The Morgan fingerprint density at radius 2 is 1.82 bits per heavy atom. The number of amides is 1. The first kappa shape index (κ1) is 20.4. The standard InChI is InChI=1S/C19H23F3N2O4/c1-27-15-9-8-13(10-16(15)28-2)17(25)24-18(26,19(20,21)22)11-14(23-24)12-6-4-3-5-7-12/h8-10,12,26H,3-7,11H2,1-2H3. The number of hydrazone groups is 1. The van der Waals surface area contributed by atoms with Crippen LogP contribution in [0.3, 0.4) is 0 Å². The molecule has 1 N–H and O–H groups in total. The molecule has 28 heavy (non-hydrogen) atoms. The number of hydrogen-bond donors (Lipinski definition) is 1. The average molecular weight is 400 g/mol. The van der Waals surface area contributed by atoms with Crippen LogP contribution in [0.1, 0.15) is 48.9 Å². The van der Waals surface area contributed by atoms with Gasteiger partial charge in [0.15, 0.2) is 11.5 Å². The summed E-state index contributed by atoms with van der Waals surface area (Å²) >= 11 is 0. The fourth-order valence-corrected chi connectivity index (χ4v) is 3.76. The molecule has 0 spiro atoms. The van der Waals surface area contributed by atoms with Gasteiger partial charge in [0.1, 0.15) is 0 Å². The van der Waals surface area contributed by atoms with E-state index in [1.54, 1.807) is 0 Å². The first-order valence-electron chi connectivity index (χ1n) is 9.14.